The van der Waals surface area contributed by atoms with Crippen molar-refractivity contribution in [3.8, 4) is 11.6 Å². The summed E-state index contributed by atoms with van der Waals surface area (Å²) < 4.78 is 7.42. The highest BCUT2D eigenvalue weighted by Gasteiger charge is 2.19. The van der Waals surface area contributed by atoms with E-state index in [4.69, 9.17) is 4.74 Å². The Hall–Kier alpha value is -2.66. The van der Waals surface area contributed by atoms with E-state index >= 15 is 0 Å². The van der Waals surface area contributed by atoms with Crippen LogP contribution in [-0.4, -0.2) is 21.6 Å². The lowest BCUT2D eigenvalue weighted by Crippen LogP contribution is -2.16. The number of imidazole rings is 1. The molecule has 0 unspecified atom stereocenters. The molecule has 3 rings (SSSR count). The number of methoxy groups -OCH3 is 1. The van der Waals surface area contributed by atoms with Crippen LogP contribution in [-0.2, 0) is 18.5 Å². The lowest BCUT2D eigenvalue weighted by atomic mass is 9.85. The first kappa shape index (κ1) is 18.1. The molecule has 2 heterocycles. The second-order valence-corrected chi connectivity index (χ2v) is 7.38. The summed E-state index contributed by atoms with van der Waals surface area (Å²) in [6.45, 7) is 8.20. The van der Waals surface area contributed by atoms with Gasteiger partial charge in [-0.25, -0.2) is 9.97 Å². The number of nitrogens with zero attached hydrogens (tertiary/aromatic N) is 3. The van der Waals surface area contributed by atoms with Gasteiger partial charge in [0, 0.05) is 31.7 Å². The summed E-state index contributed by atoms with van der Waals surface area (Å²) in [5.41, 5.74) is 3.71. The van der Waals surface area contributed by atoms with Gasteiger partial charge in [-0.15, -0.1) is 0 Å². The fraction of sp³-hybridized carbons (Fsp3) is 0.333. The van der Waals surface area contributed by atoms with Crippen molar-refractivity contribution in [2.45, 2.75) is 39.3 Å². The largest absolute Gasteiger partial charge is 0.496 e. The fourth-order valence-electron chi connectivity index (χ4n) is 2.91. The minimum Gasteiger partial charge on any atom is -0.496 e. The van der Waals surface area contributed by atoms with Crippen molar-refractivity contribution in [1.29, 1.82) is 0 Å². The van der Waals surface area contributed by atoms with Gasteiger partial charge in [-0.3, -0.25) is 4.57 Å². The summed E-state index contributed by atoms with van der Waals surface area (Å²) >= 11 is 0. The summed E-state index contributed by atoms with van der Waals surface area (Å²) in [6, 6.07) is 10.5. The molecule has 0 aliphatic heterocycles. The molecule has 0 atom stereocenters. The zero-order valence-corrected chi connectivity index (χ0v) is 15.9. The second-order valence-electron chi connectivity index (χ2n) is 7.38. The molecule has 5 nitrogen and oxygen atoms in total. The topological polar surface area (TPSA) is 52.0 Å². The number of pyridine rings is 1. The van der Waals surface area contributed by atoms with Crippen LogP contribution in [0.15, 0.2) is 55.2 Å². The highest BCUT2D eigenvalue weighted by atomic mass is 16.5. The molecule has 2 aromatic heterocycles. The van der Waals surface area contributed by atoms with Crippen LogP contribution in [0.1, 0.15) is 37.5 Å². The molecule has 0 saturated heterocycles. The van der Waals surface area contributed by atoms with Crippen molar-refractivity contribution in [2.24, 2.45) is 0 Å². The smallest absolute Gasteiger partial charge is 0.138 e. The number of nitrogens with one attached hydrogen (secondary N) is 1. The fourth-order valence-corrected chi connectivity index (χ4v) is 2.91. The van der Waals surface area contributed by atoms with E-state index in [1.807, 2.05) is 23.0 Å². The van der Waals surface area contributed by atoms with Crippen LogP contribution < -0.4 is 10.1 Å². The first-order valence-electron chi connectivity index (χ1n) is 8.79. The van der Waals surface area contributed by atoms with Crippen LogP contribution >= 0.6 is 0 Å². The van der Waals surface area contributed by atoms with Gasteiger partial charge in [-0.1, -0.05) is 32.9 Å². The van der Waals surface area contributed by atoms with Gasteiger partial charge in [0.25, 0.3) is 0 Å². The average Bonchev–Trinajstić information content (AvgIpc) is 3.16. The first-order valence-corrected chi connectivity index (χ1v) is 8.79. The average molecular weight is 350 g/mol. The SMILES string of the molecule is COc1ccc(CNCc2ccnc(-n3ccnc3)c2)cc1C(C)(C)C. The Labute approximate surface area is 155 Å². The van der Waals surface area contributed by atoms with Gasteiger partial charge in [0.15, 0.2) is 0 Å². The Kier molecular flexibility index (Phi) is 5.38. The molecule has 0 radical (unpaired) electrons. The summed E-state index contributed by atoms with van der Waals surface area (Å²) in [5.74, 6) is 1.82. The number of hydrogen-bond acceptors (Lipinski definition) is 4. The number of rotatable bonds is 6. The third kappa shape index (κ3) is 4.29. The Morgan fingerprint density at radius 3 is 2.46 bits per heavy atom. The molecule has 3 aromatic rings. The maximum Gasteiger partial charge on any atom is 0.138 e. The maximum atomic E-state index is 5.51. The Balaban J connectivity index is 1.66. The summed E-state index contributed by atoms with van der Waals surface area (Å²) in [4.78, 5) is 8.46. The van der Waals surface area contributed by atoms with E-state index in [0.29, 0.717) is 0 Å². The third-order valence-electron chi connectivity index (χ3n) is 4.31. The predicted octanol–water partition coefficient (Wildman–Crippen LogP) is 3.86. The molecule has 0 spiro atoms. The minimum atomic E-state index is 0.0478. The monoisotopic (exact) mass is 350 g/mol. The zero-order chi connectivity index (χ0) is 18.6. The molecule has 0 amide bonds. The van der Waals surface area contributed by atoms with Gasteiger partial charge in [0.2, 0.25) is 0 Å². The number of benzene rings is 1. The Morgan fingerprint density at radius 2 is 1.81 bits per heavy atom. The molecule has 5 heteroatoms. The molecule has 1 aromatic carbocycles. The van der Waals surface area contributed by atoms with E-state index < -0.39 is 0 Å². The van der Waals surface area contributed by atoms with Crippen LogP contribution in [0.3, 0.4) is 0 Å². The molecule has 136 valence electrons. The summed E-state index contributed by atoms with van der Waals surface area (Å²) in [5, 5.41) is 3.51. The highest BCUT2D eigenvalue weighted by Crippen LogP contribution is 2.31. The van der Waals surface area contributed by atoms with Crippen molar-refractivity contribution in [3.05, 3.63) is 71.9 Å². The van der Waals surface area contributed by atoms with Gasteiger partial charge < -0.3 is 10.1 Å². The highest BCUT2D eigenvalue weighted by molar-refractivity contribution is 5.41. The van der Waals surface area contributed by atoms with Gasteiger partial charge in [-0.05, 0) is 40.3 Å². The molecular formula is C21H26N4O. The van der Waals surface area contributed by atoms with E-state index in [0.717, 1.165) is 24.7 Å². The third-order valence-corrected chi connectivity index (χ3v) is 4.31. The van der Waals surface area contributed by atoms with Crippen LogP contribution in [0.25, 0.3) is 5.82 Å². The van der Waals surface area contributed by atoms with Crippen molar-refractivity contribution in [1.82, 2.24) is 19.9 Å². The van der Waals surface area contributed by atoms with Gasteiger partial charge >= 0.3 is 0 Å². The normalized spacial score (nSPS) is 11.5. The van der Waals surface area contributed by atoms with Gasteiger partial charge in [0.1, 0.15) is 17.9 Å². The lowest BCUT2D eigenvalue weighted by molar-refractivity contribution is 0.397. The molecule has 0 bridgehead atoms. The zero-order valence-electron chi connectivity index (χ0n) is 15.9. The van der Waals surface area contributed by atoms with Crippen LogP contribution in [0.4, 0.5) is 0 Å². The van der Waals surface area contributed by atoms with E-state index in [-0.39, 0.29) is 5.41 Å². The van der Waals surface area contributed by atoms with Crippen molar-refractivity contribution < 1.29 is 4.74 Å². The van der Waals surface area contributed by atoms with Crippen molar-refractivity contribution in [3.63, 3.8) is 0 Å². The summed E-state index contributed by atoms with van der Waals surface area (Å²) in [7, 11) is 1.73. The van der Waals surface area contributed by atoms with Crippen LogP contribution in [0.2, 0.25) is 0 Å². The summed E-state index contributed by atoms with van der Waals surface area (Å²) in [6.07, 6.45) is 7.23. The number of ether oxygens (including phenoxy) is 1. The standard InChI is InChI=1S/C21H26N4O/c1-21(2,3)18-11-16(5-6-19(18)26-4)13-23-14-17-7-8-24-20(12-17)25-10-9-22-15-25/h5-12,15,23H,13-14H2,1-4H3. The maximum absolute atomic E-state index is 5.51. The van der Waals surface area contributed by atoms with E-state index in [1.54, 1.807) is 19.6 Å². The second kappa shape index (κ2) is 7.70. The molecule has 0 saturated carbocycles. The van der Waals surface area contributed by atoms with Gasteiger partial charge in [-0.2, -0.15) is 0 Å². The minimum absolute atomic E-state index is 0.0478. The predicted molar refractivity (Wildman–Crippen MR) is 104 cm³/mol. The Morgan fingerprint density at radius 1 is 1.04 bits per heavy atom. The van der Waals surface area contributed by atoms with Crippen molar-refractivity contribution >= 4 is 0 Å². The molecular weight excluding hydrogens is 324 g/mol. The van der Waals surface area contributed by atoms with Crippen LogP contribution in [0, 0.1) is 0 Å². The molecule has 1 N–H and O–H groups in total. The quantitative estimate of drug-likeness (QED) is 0.733. The molecule has 0 aliphatic carbocycles. The van der Waals surface area contributed by atoms with Crippen LogP contribution in [0.5, 0.6) is 5.75 Å². The number of hydrogen-bond donors (Lipinski definition) is 1. The Bertz CT molecular complexity index is 851. The molecule has 0 aliphatic rings. The number of aromatic nitrogens is 3. The van der Waals surface area contributed by atoms with Gasteiger partial charge in [0.05, 0.1) is 7.11 Å². The molecule has 26 heavy (non-hydrogen) atoms. The molecule has 0 fully saturated rings. The van der Waals surface area contributed by atoms with E-state index in [1.165, 1.54) is 16.7 Å². The van der Waals surface area contributed by atoms with Crippen molar-refractivity contribution in [2.75, 3.05) is 7.11 Å². The van der Waals surface area contributed by atoms with E-state index in [2.05, 4.69) is 60.3 Å². The van der Waals surface area contributed by atoms with E-state index in [9.17, 15) is 0 Å². The lowest BCUT2D eigenvalue weighted by Gasteiger charge is -2.23. The first-order chi connectivity index (χ1) is 12.5.